The lowest BCUT2D eigenvalue weighted by molar-refractivity contribution is 0.125. The van der Waals surface area contributed by atoms with E-state index in [9.17, 15) is 0 Å². The first kappa shape index (κ1) is 20.3. The van der Waals surface area contributed by atoms with Crippen LogP contribution in [-0.2, 0) is 0 Å². The maximum Gasteiger partial charge on any atom is 0.0424 e. The number of piperazine rings is 1. The van der Waals surface area contributed by atoms with E-state index >= 15 is 0 Å². The molecule has 22 heavy (non-hydrogen) atoms. The van der Waals surface area contributed by atoms with Gasteiger partial charge in [-0.3, -0.25) is 4.90 Å². The molecule has 2 fully saturated rings. The summed E-state index contributed by atoms with van der Waals surface area (Å²) in [7, 11) is 0. The zero-order valence-corrected chi connectivity index (χ0v) is 15.7. The summed E-state index contributed by atoms with van der Waals surface area (Å²) in [4.78, 5) is 2.62. The van der Waals surface area contributed by atoms with E-state index in [1.54, 1.807) is 0 Å². The van der Waals surface area contributed by atoms with Crippen molar-refractivity contribution >= 4 is 48.0 Å². The van der Waals surface area contributed by atoms with Crippen molar-refractivity contribution < 1.29 is 0 Å². The molecule has 1 N–H and O–H groups in total. The summed E-state index contributed by atoms with van der Waals surface area (Å²) >= 11 is 12.4. The van der Waals surface area contributed by atoms with Crippen LogP contribution in [0.3, 0.4) is 0 Å². The molecule has 0 radical (unpaired) electrons. The highest BCUT2D eigenvalue weighted by Crippen LogP contribution is 2.40. The predicted octanol–water partition coefficient (Wildman–Crippen LogP) is 4.97. The fraction of sp³-hybridized carbons (Fsp3) is 0.625. The summed E-state index contributed by atoms with van der Waals surface area (Å²) in [5.41, 5.74) is 1.30. The van der Waals surface area contributed by atoms with Gasteiger partial charge in [0, 0.05) is 42.3 Å². The van der Waals surface area contributed by atoms with Gasteiger partial charge in [0.1, 0.15) is 0 Å². The van der Waals surface area contributed by atoms with Crippen molar-refractivity contribution in [3.63, 3.8) is 0 Å². The molecule has 1 atom stereocenters. The van der Waals surface area contributed by atoms with Crippen molar-refractivity contribution in [3.8, 4) is 0 Å². The van der Waals surface area contributed by atoms with Crippen molar-refractivity contribution in [1.82, 2.24) is 10.2 Å². The van der Waals surface area contributed by atoms with Crippen molar-refractivity contribution in [2.24, 2.45) is 5.92 Å². The Kier molecular flexibility index (Phi) is 8.84. The average Bonchev–Trinajstić information content (AvgIpc) is 2.93. The Morgan fingerprint density at radius 3 is 2.05 bits per heavy atom. The third-order valence-electron chi connectivity index (χ3n) is 4.62. The zero-order valence-electron chi connectivity index (χ0n) is 12.6. The summed E-state index contributed by atoms with van der Waals surface area (Å²) in [6, 6.07) is 6.53. The first-order valence-corrected chi connectivity index (χ1v) is 8.40. The van der Waals surface area contributed by atoms with Crippen LogP contribution < -0.4 is 5.32 Å². The zero-order chi connectivity index (χ0) is 13.9. The van der Waals surface area contributed by atoms with Gasteiger partial charge in [-0.15, -0.1) is 24.8 Å². The van der Waals surface area contributed by atoms with Crippen LogP contribution in [-0.4, -0.2) is 31.1 Å². The molecule has 0 bridgehead atoms. The molecule has 0 spiro atoms. The van der Waals surface area contributed by atoms with Gasteiger partial charge in [0.25, 0.3) is 0 Å². The lowest BCUT2D eigenvalue weighted by Gasteiger charge is -2.38. The highest BCUT2D eigenvalue weighted by atomic mass is 35.5. The highest BCUT2D eigenvalue weighted by Gasteiger charge is 2.32. The van der Waals surface area contributed by atoms with Crippen LogP contribution in [0.1, 0.15) is 37.3 Å². The summed E-state index contributed by atoms with van der Waals surface area (Å²) in [5.74, 6) is 0.752. The molecule has 2 aliphatic rings. The normalized spacial score (nSPS) is 21.0. The van der Waals surface area contributed by atoms with Gasteiger partial charge < -0.3 is 5.32 Å². The van der Waals surface area contributed by atoms with Crippen molar-refractivity contribution in [1.29, 1.82) is 0 Å². The van der Waals surface area contributed by atoms with Gasteiger partial charge in [-0.05, 0) is 42.5 Å². The van der Waals surface area contributed by atoms with E-state index in [2.05, 4.69) is 22.3 Å². The van der Waals surface area contributed by atoms with Gasteiger partial charge >= 0.3 is 0 Å². The maximum atomic E-state index is 6.22. The molecule has 2 nitrogen and oxygen atoms in total. The molecule has 1 saturated heterocycles. The molecule has 1 heterocycles. The van der Waals surface area contributed by atoms with Crippen LogP contribution in [0.2, 0.25) is 10.0 Å². The number of benzene rings is 1. The van der Waals surface area contributed by atoms with E-state index in [0.717, 1.165) is 42.1 Å². The third kappa shape index (κ3) is 4.90. The molecule has 1 aliphatic heterocycles. The van der Waals surface area contributed by atoms with Crippen molar-refractivity contribution in [2.75, 3.05) is 26.2 Å². The number of rotatable bonds is 3. The molecule has 6 heteroatoms. The van der Waals surface area contributed by atoms with Gasteiger partial charge in [0.05, 0.1) is 0 Å². The van der Waals surface area contributed by atoms with Gasteiger partial charge in [0.15, 0.2) is 0 Å². The minimum absolute atomic E-state index is 0. The largest absolute Gasteiger partial charge is 0.314 e. The molecule has 3 rings (SSSR count). The second-order valence-corrected chi connectivity index (χ2v) is 6.85. The van der Waals surface area contributed by atoms with E-state index in [1.807, 2.05) is 6.07 Å². The molecular formula is C16H24Cl4N2. The minimum Gasteiger partial charge on any atom is -0.314 e. The maximum absolute atomic E-state index is 6.22. The SMILES string of the molecule is Cl.Cl.Clc1cc(Cl)cc([C@@H](C2CCCC2)N2CCNCC2)c1. The number of hydrogen-bond donors (Lipinski definition) is 1. The first-order valence-electron chi connectivity index (χ1n) is 7.65. The summed E-state index contributed by atoms with van der Waals surface area (Å²) in [6.07, 6.45) is 5.39. The fourth-order valence-electron chi connectivity index (χ4n) is 3.76. The molecule has 0 amide bonds. The summed E-state index contributed by atoms with van der Waals surface area (Å²) in [5, 5.41) is 4.95. The number of halogens is 4. The Hall–Kier alpha value is 0.300. The van der Waals surface area contributed by atoms with Gasteiger partial charge in [-0.2, -0.15) is 0 Å². The molecular weight excluding hydrogens is 362 g/mol. The van der Waals surface area contributed by atoms with Crippen LogP contribution in [0.25, 0.3) is 0 Å². The monoisotopic (exact) mass is 384 g/mol. The number of hydrogen-bond acceptors (Lipinski definition) is 2. The lowest BCUT2D eigenvalue weighted by Crippen LogP contribution is -2.46. The molecule has 1 saturated carbocycles. The number of nitrogens with zero attached hydrogens (tertiary/aromatic N) is 1. The summed E-state index contributed by atoms with van der Waals surface area (Å²) in [6.45, 7) is 4.39. The van der Waals surface area contributed by atoms with E-state index < -0.39 is 0 Å². The third-order valence-corrected chi connectivity index (χ3v) is 5.05. The Morgan fingerprint density at radius 1 is 0.955 bits per heavy atom. The second kappa shape index (κ2) is 9.56. The topological polar surface area (TPSA) is 15.3 Å². The van der Waals surface area contributed by atoms with E-state index in [4.69, 9.17) is 23.2 Å². The van der Waals surface area contributed by atoms with Gasteiger partial charge in [0.2, 0.25) is 0 Å². The molecule has 1 aromatic rings. The fourth-order valence-corrected chi connectivity index (χ4v) is 4.30. The molecule has 0 aromatic heterocycles. The van der Waals surface area contributed by atoms with Crippen LogP contribution in [0.15, 0.2) is 18.2 Å². The smallest absolute Gasteiger partial charge is 0.0424 e. The van der Waals surface area contributed by atoms with Crippen LogP contribution >= 0.6 is 48.0 Å². The average molecular weight is 386 g/mol. The van der Waals surface area contributed by atoms with Gasteiger partial charge in [-0.1, -0.05) is 36.0 Å². The van der Waals surface area contributed by atoms with E-state index in [1.165, 1.54) is 31.2 Å². The Morgan fingerprint density at radius 2 is 1.50 bits per heavy atom. The Balaban J connectivity index is 0.00000121. The first-order chi connectivity index (χ1) is 9.74. The van der Waals surface area contributed by atoms with Crippen LogP contribution in [0.5, 0.6) is 0 Å². The molecule has 0 unspecified atom stereocenters. The molecule has 126 valence electrons. The summed E-state index contributed by atoms with van der Waals surface area (Å²) < 4.78 is 0. The quantitative estimate of drug-likeness (QED) is 0.789. The van der Waals surface area contributed by atoms with E-state index in [-0.39, 0.29) is 24.8 Å². The minimum atomic E-state index is 0. The molecule has 1 aromatic carbocycles. The lowest BCUT2D eigenvalue weighted by atomic mass is 9.90. The van der Waals surface area contributed by atoms with Crippen LogP contribution in [0.4, 0.5) is 0 Å². The standard InChI is InChI=1S/C16H22Cl2N2.2ClH/c17-14-9-13(10-15(18)11-14)16(12-3-1-2-4-12)20-7-5-19-6-8-20;;/h9-12,16,19H,1-8H2;2*1H/t16-;;/m1../s1. The van der Waals surface area contributed by atoms with Crippen molar-refractivity contribution in [3.05, 3.63) is 33.8 Å². The molecule has 1 aliphatic carbocycles. The van der Waals surface area contributed by atoms with E-state index in [0.29, 0.717) is 6.04 Å². The van der Waals surface area contributed by atoms with Gasteiger partial charge in [-0.25, -0.2) is 0 Å². The predicted molar refractivity (Wildman–Crippen MR) is 100 cm³/mol. The Labute approximate surface area is 155 Å². The highest BCUT2D eigenvalue weighted by molar-refractivity contribution is 6.34. The van der Waals surface area contributed by atoms with Crippen molar-refractivity contribution in [2.45, 2.75) is 31.7 Å². The second-order valence-electron chi connectivity index (χ2n) is 5.98. The Bertz CT molecular complexity index is 437. The number of nitrogens with one attached hydrogen (secondary N) is 1. The van der Waals surface area contributed by atoms with Crippen LogP contribution in [0, 0.1) is 5.92 Å².